The number of rotatable bonds is 3. The first-order valence-corrected chi connectivity index (χ1v) is 8.26. The fraction of sp³-hybridized carbons (Fsp3) is 0.471. The zero-order chi connectivity index (χ0) is 17.1. The van der Waals surface area contributed by atoms with Crippen LogP contribution in [0.4, 0.5) is 5.69 Å². The second-order valence-electron chi connectivity index (χ2n) is 6.39. The maximum atomic E-state index is 12.3. The van der Waals surface area contributed by atoms with Gasteiger partial charge < -0.3 is 18.8 Å². The molecule has 1 spiro atoms. The lowest BCUT2D eigenvalue weighted by Crippen LogP contribution is -2.60. The summed E-state index contributed by atoms with van der Waals surface area (Å²) in [7, 11) is 0. The molecule has 132 valence electrons. The molecule has 0 saturated carbocycles. The van der Waals surface area contributed by atoms with Gasteiger partial charge in [-0.05, 0) is 12.1 Å². The van der Waals surface area contributed by atoms with E-state index in [-0.39, 0.29) is 12.5 Å². The normalized spacial score (nSPS) is 25.3. The van der Waals surface area contributed by atoms with Crippen LogP contribution in [0, 0.1) is 0 Å². The highest BCUT2D eigenvalue weighted by atomic mass is 16.6. The van der Waals surface area contributed by atoms with Gasteiger partial charge in [-0.25, -0.2) is 9.97 Å². The lowest BCUT2D eigenvalue weighted by atomic mass is 10.0. The lowest BCUT2D eigenvalue weighted by Gasteiger charge is -2.42. The summed E-state index contributed by atoms with van der Waals surface area (Å²) in [5.41, 5.74) is 0.101. The van der Waals surface area contributed by atoms with E-state index in [0.29, 0.717) is 38.5 Å². The first kappa shape index (κ1) is 16.2. The van der Waals surface area contributed by atoms with Crippen LogP contribution in [0.1, 0.15) is 5.76 Å². The molecule has 1 amide bonds. The van der Waals surface area contributed by atoms with Crippen LogP contribution in [0.5, 0.6) is 0 Å². The zero-order valence-electron chi connectivity index (χ0n) is 13.8. The highest BCUT2D eigenvalue weighted by Gasteiger charge is 2.43. The van der Waals surface area contributed by atoms with Gasteiger partial charge in [-0.1, -0.05) is 0 Å². The molecule has 8 heteroatoms. The van der Waals surface area contributed by atoms with Gasteiger partial charge in [-0.3, -0.25) is 9.69 Å². The van der Waals surface area contributed by atoms with Crippen LogP contribution in [0.2, 0.25) is 0 Å². The minimum absolute atomic E-state index is 0.0207. The van der Waals surface area contributed by atoms with Crippen molar-refractivity contribution in [1.29, 1.82) is 0 Å². The average Bonchev–Trinajstić information content (AvgIpc) is 3.07. The van der Waals surface area contributed by atoms with Crippen LogP contribution in [0.15, 0.2) is 41.5 Å². The van der Waals surface area contributed by atoms with E-state index in [1.807, 2.05) is 12.1 Å². The van der Waals surface area contributed by atoms with Gasteiger partial charge >= 0.3 is 0 Å². The highest BCUT2D eigenvalue weighted by Crippen LogP contribution is 2.27. The largest absolute Gasteiger partial charge is 0.468 e. The summed E-state index contributed by atoms with van der Waals surface area (Å²) in [5, 5.41) is 0. The Kier molecular flexibility index (Phi) is 4.48. The smallest absolute Gasteiger partial charge is 0.253 e. The molecule has 1 unspecified atom stereocenters. The number of ether oxygens (including phenoxy) is 2. The molecule has 2 saturated heterocycles. The molecule has 0 aromatic carbocycles. The molecule has 2 aliphatic rings. The fourth-order valence-electron chi connectivity index (χ4n) is 3.31. The molecule has 1 atom stereocenters. The van der Waals surface area contributed by atoms with Crippen molar-refractivity contribution in [3.05, 3.63) is 42.9 Å². The topological polar surface area (TPSA) is 80.9 Å². The molecule has 0 radical (unpaired) electrons. The Balaban J connectivity index is 1.53. The van der Waals surface area contributed by atoms with Gasteiger partial charge in [0.2, 0.25) is 0 Å². The molecule has 0 aliphatic carbocycles. The van der Waals surface area contributed by atoms with Crippen LogP contribution < -0.4 is 4.90 Å². The van der Waals surface area contributed by atoms with Crippen molar-refractivity contribution in [3.8, 4) is 0 Å². The standard InChI is InChI=1S/C17H20N4O4/c22-16-9-25-17(11-21(16)14-6-18-13-19-7-14)10-20(3-5-23-12-17)8-15-2-1-4-24-15/h1-2,4,6-7,13H,3,5,8-12H2. The van der Waals surface area contributed by atoms with Gasteiger partial charge in [0, 0.05) is 13.1 Å². The first-order valence-electron chi connectivity index (χ1n) is 8.26. The summed E-state index contributed by atoms with van der Waals surface area (Å²) in [6.45, 7) is 3.62. The van der Waals surface area contributed by atoms with E-state index in [1.165, 1.54) is 6.33 Å². The average molecular weight is 344 g/mol. The van der Waals surface area contributed by atoms with Gasteiger partial charge in [-0.15, -0.1) is 0 Å². The number of morpholine rings is 1. The SMILES string of the molecule is O=C1COC2(COCCN(Cc3ccco3)C2)CN1c1cncnc1. The number of carbonyl (C=O) groups is 1. The molecule has 0 N–H and O–H groups in total. The van der Waals surface area contributed by atoms with Crippen molar-refractivity contribution in [2.24, 2.45) is 0 Å². The number of nitrogens with zero attached hydrogens (tertiary/aromatic N) is 4. The minimum Gasteiger partial charge on any atom is -0.468 e. The number of carbonyl (C=O) groups excluding carboxylic acids is 1. The van der Waals surface area contributed by atoms with Crippen molar-refractivity contribution in [1.82, 2.24) is 14.9 Å². The summed E-state index contributed by atoms with van der Waals surface area (Å²) >= 11 is 0. The van der Waals surface area contributed by atoms with Crippen LogP contribution in [-0.4, -0.2) is 65.8 Å². The summed E-state index contributed by atoms with van der Waals surface area (Å²) in [5.74, 6) is 0.805. The van der Waals surface area contributed by atoms with Crippen molar-refractivity contribution < 1.29 is 18.7 Å². The van der Waals surface area contributed by atoms with E-state index in [4.69, 9.17) is 13.9 Å². The van der Waals surface area contributed by atoms with Crippen LogP contribution >= 0.6 is 0 Å². The molecule has 4 rings (SSSR count). The molecule has 2 fully saturated rings. The second-order valence-corrected chi connectivity index (χ2v) is 6.39. The Morgan fingerprint density at radius 2 is 2.12 bits per heavy atom. The van der Waals surface area contributed by atoms with Crippen molar-refractivity contribution in [2.75, 3.05) is 44.4 Å². The molecule has 25 heavy (non-hydrogen) atoms. The van der Waals surface area contributed by atoms with Gasteiger partial charge in [-0.2, -0.15) is 0 Å². The van der Waals surface area contributed by atoms with Crippen molar-refractivity contribution in [3.63, 3.8) is 0 Å². The number of hydrogen-bond donors (Lipinski definition) is 0. The molecule has 0 bridgehead atoms. The molecule has 2 aromatic rings. The van der Waals surface area contributed by atoms with Crippen LogP contribution in [-0.2, 0) is 20.8 Å². The van der Waals surface area contributed by atoms with Crippen LogP contribution in [0.3, 0.4) is 0 Å². The number of furan rings is 1. The maximum absolute atomic E-state index is 12.3. The summed E-state index contributed by atoms with van der Waals surface area (Å²) in [6, 6.07) is 3.84. The Bertz CT molecular complexity index is 709. The number of hydrogen-bond acceptors (Lipinski definition) is 7. The van der Waals surface area contributed by atoms with E-state index < -0.39 is 5.60 Å². The second kappa shape index (κ2) is 6.91. The maximum Gasteiger partial charge on any atom is 0.253 e. The Morgan fingerprint density at radius 3 is 2.92 bits per heavy atom. The van der Waals surface area contributed by atoms with Crippen molar-refractivity contribution >= 4 is 11.6 Å². The summed E-state index contributed by atoms with van der Waals surface area (Å²) in [4.78, 5) is 24.3. The minimum atomic E-state index is -0.577. The van der Waals surface area contributed by atoms with E-state index in [9.17, 15) is 4.79 Å². The molecule has 4 heterocycles. The van der Waals surface area contributed by atoms with E-state index in [0.717, 1.165) is 12.3 Å². The molecular formula is C17H20N4O4. The molecule has 8 nitrogen and oxygen atoms in total. The van der Waals surface area contributed by atoms with Crippen molar-refractivity contribution in [2.45, 2.75) is 12.1 Å². The van der Waals surface area contributed by atoms with Gasteiger partial charge in [0.15, 0.2) is 0 Å². The Labute approximate surface area is 145 Å². The van der Waals surface area contributed by atoms with E-state index in [1.54, 1.807) is 23.6 Å². The number of amides is 1. The third-order valence-corrected chi connectivity index (χ3v) is 4.50. The zero-order valence-corrected chi connectivity index (χ0v) is 13.8. The highest BCUT2D eigenvalue weighted by molar-refractivity contribution is 5.94. The quantitative estimate of drug-likeness (QED) is 0.811. The lowest BCUT2D eigenvalue weighted by molar-refractivity contribution is -0.146. The molecule has 2 aromatic heterocycles. The first-order chi connectivity index (χ1) is 12.2. The molecular weight excluding hydrogens is 324 g/mol. The Morgan fingerprint density at radius 1 is 1.24 bits per heavy atom. The summed E-state index contributed by atoms with van der Waals surface area (Å²) < 4.78 is 17.2. The van der Waals surface area contributed by atoms with Gasteiger partial charge in [0.1, 0.15) is 24.3 Å². The molecule has 2 aliphatic heterocycles. The van der Waals surface area contributed by atoms with Gasteiger partial charge in [0.05, 0.1) is 50.6 Å². The predicted molar refractivity (Wildman–Crippen MR) is 87.9 cm³/mol. The Hall–Kier alpha value is -2.29. The number of aromatic nitrogens is 2. The van der Waals surface area contributed by atoms with Crippen LogP contribution in [0.25, 0.3) is 0 Å². The van der Waals surface area contributed by atoms with Gasteiger partial charge in [0.25, 0.3) is 5.91 Å². The third kappa shape index (κ3) is 3.55. The fourth-order valence-corrected chi connectivity index (χ4v) is 3.31. The van der Waals surface area contributed by atoms with E-state index >= 15 is 0 Å². The third-order valence-electron chi connectivity index (χ3n) is 4.50. The van der Waals surface area contributed by atoms with E-state index in [2.05, 4.69) is 14.9 Å². The monoisotopic (exact) mass is 344 g/mol. The summed E-state index contributed by atoms with van der Waals surface area (Å²) in [6.07, 6.45) is 6.40. The number of anilines is 1. The predicted octanol–water partition coefficient (Wildman–Crippen LogP) is 0.704.